The van der Waals surface area contributed by atoms with E-state index in [2.05, 4.69) is 4.98 Å². The van der Waals surface area contributed by atoms with Crippen molar-refractivity contribution < 1.29 is 17.9 Å². The van der Waals surface area contributed by atoms with Crippen LogP contribution >= 0.6 is 11.3 Å². The number of thiazole rings is 1. The normalized spacial score (nSPS) is 28.3. The molecule has 3 atom stereocenters. The maximum Gasteiger partial charge on any atom is 0.313 e. The number of carbonyl (C=O) groups excluding carboxylic acids is 1. The Bertz CT molecular complexity index is 899. The predicted octanol–water partition coefficient (Wildman–Crippen LogP) is 2.47. The molecule has 0 radical (unpaired) electrons. The molecule has 8 heteroatoms. The van der Waals surface area contributed by atoms with E-state index in [0.717, 1.165) is 12.1 Å². The van der Waals surface area contributed by atoms with Crippen LogP contribution in [0.25, 0.3) is 0 Å². The van der Waals surface area contributed by atoms with Crippen LogP contribution in [0, 0.1) is 5.41 Å². The fraction of sp³-hybridized carbons (Fsp3) is 0.444. The molecular formula is C18H20N2O4S2. The van der Waals surface area contributed by atoms with E-state index in [0.29, 0.717) is 19.3 Å². The molecule has 0 N–H and O–H groups in total. The molecule has 2 bridgehead atoms. The Labute approximate surface area is 156 Å². The fourth-order valence-corrected chi connectivity index (χ4v) is 7.06. The van der Waals surface area contributed by atoms with E-state index in [-0.39, 0.29) is 16.9 Å². The lowest BCUT2D eigenvalue weighted by Gasteiger charge is -2.34. The number of rotatable bonds is 5. The second-order valence-corrected chi connectivity index (χ2v) is 9.47. The standard InChI is InChI=1S/C18H20N2O4S2/c1-24-17(21)18(9-13-11-25-12-19-13)10-14-7-8-16(18)20(14)26(22,23)15-5-3-2-4-6-15/h2-6,11-12,14,16H,7-10H2,1H3/t14-,16+,18+/m1/s1. The van der Waals surface area contributed by atoms with Crippen molar-refractivity contribution in [1.82, 2.24) is 9.29 Å². The minimum Gasteiger partial charge on any atom is -0.469 e. The first-order valence-corrected chi connectivity index (χ1v) is 10.9. The number of ether oxygens (including phenoxy) is 1. The van der Waals surface area contributed by atoms with Gasteiger partial charge in [-0.1, -0.05) is 18.2 Å². The summed E-state index contributed by atoms with van der Waals surface area (Å²) in [6.45, 7) is 0. The van der Waals surface area contributed by atoms with Crippen LogP contribution in [0.1, 0.15) is 25.0 Å². The van der Waals surface area contributed by atoms with Crippen LogP contribution in [-0.4, -0.2) is 42.9 Å². The van der Waals surface area contributed by atoms with Crippen molar-refractivity contribution in [1.29, 1.82) is 0 Å². The molecule has 0 saturated carbocycles. The van der Waals surface area contributed by atoms with E-state index in [1.807, 2.05) is 5.38 Å². The van der Waals surface area contributed by atoms with Crippen molar-refractivity contribution in [3.8, 4) is 0 Å². The molecule has 2 saturated heterocycles. The summed E-state index contributed by atoms with van der Waals surface area (Å²) >= 11 is 1.47. The van der Waals surface area contributed by atoms with Gasteiger partial charge in [0.25, 0.3) is 0 Å². The lowest BCUT2D eigenvalue weighted by molar-refractivity contribution is -0.154. The third-order valence-corrected chi connectivity index (χ3v) is 8.18. The molecule has 2 aliphatic heterocycles. The van der Waals surface area contributed by atoms with Crippen LogP contribution in [0.3, 0.4) is 0 Å². The second-order valence-electron chi connectivity index (χ2n) is 6.90. The van der Waals surface area contributed by atoms with Gasteiger partial charge in [0, 0.05) is 23.9 Å². The molecule has 4 rings (SSSR count). The number of sulfonamides is 1. The molecule has 0 amide bonds. The number of aromatic nitrogens is 1. The highest BCUT2D eigenvalue weighted by atomic mass is 32.2. The Balaban J connectivity index is 1.75. The van der Waals surface area contributed by atoms with E-state index in [1.165, 1.54) is 18.4 Å². The highest BCUT2D eigenvalue weighted by Crippen LogP contribution is 2.54. The van der Waals surface area contributed by atoms with Gasteiger partial charge in [-0.25, -0.2) is 13.4 Å². The van der Waals surface area contributed by atoms with E-state index in [9.17, 15) is 13.2 Å². The van der Waals surface area contributed by atoms with Gasteiger partial charge in [-0.3, -0.25) is 4.79 Å². The van der Waals surface area contributed by atoms with Gasteiger partial charge in [0.05, 0.1) is 28.6 Å². The Morgan fingerprint density at radius 3 is 2.77 bits per heavy atom. The third kappa shape index (κ3) is 2.59. The largest absolute Gasteiger partial charge is 0.469 e. The summed E-state index contributed by atoms with van der Waals surface area (Å²) in [5, 5.41) is 1.91. The highest BCUT2D eigenvalue weighted by Gasteiger charge is 2.63. The van der Waals surface area contributed by atoms with Gasteiger partial charge in [-0.2, -0.15) is 4.31 Å². The molecule has 1 aromatic heterocycles. The number of hydrogen-bond donors (Lipinski definition) is 0. The Hall–Kier alpha value is -1.77. The van der Waals surface area contributed by atoms with Crippen LogP contribution in [0.5, 0.6) is 0 Å². The van der Waals surface area contributed by atoms with Gasteiger partial charge in [0.1, 0.15) is 0 Å². The van der Waals surface area contributed by atoms with E-state index in [4.69, 9.17) is 4.74 Å². The summed E-state index contributed by atoms with van der Waals surface area (Å²) in [6.07, 6.45) is 2.32. The summed E-state index contributed by atoms with van der Waals surface area (Å²) in [4.78, 5) is 17.4. The van der Waals surface area contributed by atoms with Gasteiger partial charge in [-0.15, -0.1) is 11.3 Å². The average molecular weight is 393 g/mol. The number of hydrogen-bond acceptors (Lipinski definition) is 6. The molecule has 2 aliphatic rings. The van der Waals surface area contributed by atoms with Crippen LogP contribution in [0.15, 0.2) is 46.1 Å². The maximum absolute atomic E-state index is 13.3. The van der Waals surface area contributed by atoms with Crippen molar-refractivity contribution in [2.45, 2.75) is 42.7 Å². The monoisotopic (exact) mass is 392 g/mol. The van der Waals surface area contributed by atoms with E-state index < -0.39 is 21.5 Å². The van der Waals surface area contributed by atoms with Crippen molar-refractivity contribution in [2.24, 2.45) is 5.41 Å². The smallest absolute Gasteiger partial charge is 0.313 e. The first kappa shape index (κ1) is 17.6. The first-order valence-electron chi connectivity index (χ1n) is 8.53. The second kappa shape index (κ2) is 6.44. The zero-order valence-electron chi connectivity index (χ0n) is 14.4. The summed E-state index contributed by atoms with van der Waals surface area (Å²) in [7, 11) is -2.29. The summed E-state index contributed by atoms with van der Waals surface area (Å²) in [5.41, 5.74) is 1.67. The lowest BCUT2D eigenvalue weighted by Crippen LogP contribution is -2.47. The predicted molar refractivity (Wildman–Crippen MR) is 97.2 cm³/mol. The molecule has 2 aromatic rings. The zero-order chi connectivity index (χ0) is 18.4. The highest BCUT2D eigenvalue weighted by molar-refractivity contribution is 7.89. The van der Waals surface area contributed by atoms with Gasteiger partial charge < -0.3 is 4.74 Å². The molecule has 3 heterocycles. The van der Waals surface area contributed by atoms with Gasteiger partial charge in [0.2, 0.25) is 10.0 Å². The van der Waals surface area contributed by atoms with Crippen molar-refractivity contribution in [2.75, 3.05) is 7.11 Å². The first-order chi connectivity index (χ1) is 12.5. The van der Waals surface area contributed by atoms with Gasteiger partial charge >= 0.3 is 5.97 Å². The molecule has 2 fully saturated rings. The van der Waals surface area contributed by atoms with Crippen molar-refractivity contribution in [3.63, 3.8) is 0 Å². The SMILES string of the molecule is COC(=O)[C@@]1(Cc2cscn2)C[C@H]2CC[C@@H]1N2S(=O)(=O)c1ccccc1. The topological polar surface area (TPSA) is 76.6 Å². The fourth-order valence-electron chi connectivity index (χ4n) is 4.54. The minimum absolute atomic E-state index is 0.178. The summed E-state index contributed by atoms with van der Waals surface area (Å²) in [5.74, 6) is -0.342. The molecule has 0 spiro atoms. The number of fused-ring (bicyclic) bond motifs is 2. The Kier molecular flexibility index (Phi) is 4.37. The molecule has 138 valence electrons. The number of nitrogens with zero attached hydrogens (tertiary/aromatic N) is 2. The molecule has 0 aliphatic carbocycles. The third-order valence-electron chi connectivity index (χ3n) is 5.57. The van der Waals surface area contributed by atoms with Gasteiger partial charge in [0.15, 0.2) is 0 Å². The van der Waals surface area contributed by atoms with E-state index >= 15 is 0 Å². The quantitative estimate of drug-likeness (QED) is 0.731. The van der Waals surface area contributed by atoms with Crippen molar-refractivity contribution in [3.05, 3.63) is 46.9 Å². The van der Waals surface area contributed by atoms with Crippen LogP contribution in [-0.2, 0) is 26.0 Å². The van der Waals surface area contributed by atoms with Crippen molar-refractivity contribution >= 4 is 27.3 Å². The summed E-state index contributed by atoms with van der Waals surface area (Å²) in [6, 6.07) is 7.86. The van der Waals surface area contributed by atoms with E-state index in [1.54, 1.807) is 40.1 Å². The number of methoxy groups -OCH3 is 1. The molecular weight excluding hydrogens is 372 g/mol. The number of esters is 1. The summed E-state index contributed by atoms with van der Waals surface area (Å²) < 4.78 is 33.2. The van der Waals surface area contributed by atoms with Crippen LogP contribution in [0.2, 0.25) is 0 Å². The lowest BCUT2D eigenvalue weighted by atomic mass is 9.71. The molecule has 1 aromatic carbocycles. The minimum atomic E-state index is -3.66. The number of carbonyl (C=O) groups is 1. The zero-order valence-corrected chi connectivity index (χ0v) is 16.0. The number of benzene rings is 1. The Morgan fingerprint density at radius 1 is 1.35 bits per heavy atom. The van der Waals surface area contributed by atoms with Crippen LogP contribution in [0.4, 0.5) is 0 Å². The van der Waals surface area contributed by atoms with Gasteiger partial charge in [-0.05, 0) is 31.4 Å². The maximum atomic E-state index is 13.3. The molecule has 26 heavy (non-hydrogen) atoms. The molecule has 0 unspecified atom stereocenters. The molecule has 6 nitrogen and oxygen atoms in total. The Morgan fingerprint density at radius 2 is 2.12 bits per heavy atom. The average Bonchev–Trinajstić information content (AvgIpc) is 3.37. The van der Waals surface area contributed by atoms with Crippen LogP contribution < -0.4 is 0 Å².